The largest absolute Gasteiger partial charge is 0.355 e. The number of rotatable bonds is 7. The number of benzene rings is 1. The number of amides is 1. The molecule has 1 aromatic carbocycles. The molecule has 130 valence electrons. The molecule has 2 aromatic heterocycles. The second-order valence-corrected chi connectivity index (χ2v) is 7.72. The van der Waals surface area contributed by atoms with Crippen molar-refractivity contribution in [2.24, 2.45) is 7.05 Å². The summed E-state index contributed by atoms with van der Waals surface area (Å²) in [6.45, 7) is 0.624. The highest BCUT2D eigenvalue weighted by molar-refractivity contribution is 7.98. The lowest BCUT2D eigenvalue weighted by Crippen LogP contribution is -2.29. The Kier molecular flexibility index (Phi) is 5.88. The van der Waals surface area contributed by atoms with Gasteiger partial charge in [0.05, 0.1) is 17.5 Å². The number of aromatic nitrogens is 2. The molecular weight excluding hydrogens is 354 g/mol. The van der Waals surface area contributed by atoms with Crippen molar-refractivity contribution in [2.45, 2.75) is 12.2 Å². The molecule has 0 atom stereocenters. The van der Waals surface area contributed by atoms with E-state index in [0.717, 1.165) is 16.9 Å². The molecule has 2 heterocycles. The minimum Gasteiger partial charge on any atom is -0.355 e. The van der Waals surface area contributed by atoms with Gasteiger partial charge in [0.25, 0.3) is 5.56 Å². The van der Waals surface area contributed by atoms with Gasteiger partial charge < -0.3 is 5.32 Å². The van der Waals surface area contributed by atoms with E-state index in [1.807, 2.05) is 24.3 Å². The van der Waals surface area contributed by atoms with Crippen LogP contribution < -0.4 is 10.9 Å². The maximum Gasteiger partial charge on any atom is 0.274 e. The maximum atomic E-state index is 12.2. The maximum absolute atomic E-state index is 12.2. The third-order valence-electron chi connectivity index (χ3n) is 3.75. The number of nitrogens with one attached hydrogen (secondary N) is 1. The number of thioether (sulfide) groups is 1. The second-order valence-electron chi connectivity index (χ2n) is 5.58. The Morgan fingerprint density at radius 1 is 1.24 bits per heavy atom. The van der Waals surface area contributed by atoms with E-state index in [1.165, 1.54) is 9.56 Å². The molecule has 0 aliphatic carbocycles. The summed E-state index contributed by atoms with van der Waals surface area (Å²) in [5, 5.41) is 10.6. The Labute approximate surface area is 154 Å². The monoisotopic (exact) mass is 373 g/mol. The molecular formula is C18H19N3O2S2. The number of carbonyl (C=O) groups excluding carboxylic acids is 1. The van der Waals surface area contributed by atoms with Gasteiger partial charge in [-0.2, -0.15) is 16.9 Å². The number of nitrogens with zero attached hydrogens (tertiary/aromatic N) is 2. The zero-order chi connectivity index (χ0) is 17.6. The van der Waals surface area contributed by atoms with Crippen LogP contribution >= 0.6 is 23.1 Å². The molecule has 0 aliphatic rings. The van der Waals surface area contributed by atoms with E-state index in [2.05, 4.69) is 21.9 Å². The lowest BCUT2D eigenvalue weighted by Gasteiger charge is -2.08. The molecule has 1 N–H and O–H groups in total. The van der Waals surface area contributed by atoms with E-state index in [-0.39, 0.29) is 17.9 Å². The van der Waals surface area contributed by atoms with Crippen molar-refractivity contribution in [1.82, 2.24) is 15.1 Å². The molecule has 3 rings (SSSR count). The minimum atomic E-state index is -0.148. The zero-order valence-electron chi connectivity index (χ0n) is 13.9. The molecule has 25 heavy (non-hydrogen) atoms. The number of hydrogen-bond acceptors (Lipinski definition) is 5. The van der Waals surface area contributed by atoms with E-state index in [4.69, 9.17) is 0 Å². The molecule has 0 bridgehead atoms. The van der Waals surface area contributed by atoms with Crippen LogP contribution in [0, 0.1) is 0 Å². The Balaban J connectivity index is 1.55. The van der Waals surface area contributed by atoms with E-state index in [9.17, 15) is 9.59 Å². The van der Waals surface area contributed by atoms with Crippen LogP contribution in [0.4, 0.5) is 0 Å². The lowest BCUT2D eigenvalue weighted by atomic mass is 10.1. The molecule has 1 amide bonds. The van der Waals surface area contributed by atoms with Crippen LogP contribution in [0.3, 0.4) is 0 Å². The third-order valence-corrected chi connectivity index (χ3v) is 5.82. The summed E-state index contributed by atoms with van der Waals surface area (Å²) in [5.41, 5.74) is 0.478. The molecule has 0 radical (unpaired) electrons. The van der Waals surface area contributed by atoms with Gasteiger partial charge in [-0.25, -0.2) is 4.68 Å². The van der Waals surface area contributed by atoms with Crippen LogP contribution in [-0.2, 0) is 24.0 Å². The first-order chi connectivity index (χ1) is 12.1. The van der Waals surface area contributed by atoms with Gasteiger partial charge in [0, 0.05) is 35.4 Å². The molecule has 0 saturated carbocycles. The zero-order valence-corrected chi connectivity index (χ0v) is 15.5. The Bertz CT molecular complexity index is 920. The van der Waals surface area contributed by atoms with Crippen LogP contribution in [-0.4, -0.2) is 28.0 Å². The van der Waals surface area contributed by atoms with Crippen molar-refractivity contribution in [3.63, 3.8) is 0 Å². The predicted octanol–water partition coefficient (Wildman–Crippen LogP) is 2.59. The van der Waals surface area contributed by atoms with Crippen LogP contribution in [0.2, 0.25) is 0 Å². The Hall–Kier alpha value is -2.12. The predicted molar refractivity (Wildman–Crippen MR) is 104 cm³/mol. The highest BCUT2D eigenvalue weighted by atomic mass is 32.2. The molecule has 0 spiro atoms. The number of fused-ring (bicyclic) bond motifs is 1. The van der Waals surface area contributed by atoms with Crippen molar-refractivity contribution < 1.29 is 4.79 Å². The number of carbonyl (C=O) groups is 1. The van der Waals surface area contributed by atoms with Crippen molar-refractivity contribution in [1.29, 1.82) is 0 Å². The standard InChI is InChI=1S/C18H19N3O2S2/c1-21-18(23)15-7-3-2-6-14(15)16(20-21)11-17(22)19-8-10-24-12-13-5-4-9-25-13/h2-7,9H,8,10-12H2,1H3,(H,19,22). The van der Waals surface area contributed by atoms with Gasteiger partial charge in [-0.05, 0) is 17.5 Å². The van der Waals surface area contributed by atoms with Crippen LogP contribution in [0.5, 0.6) is 0 Å². The van der Waals surface area contributed by atoms with Crippen molar-refractivity contribution in [2.75, 3.05) is 12.3 Å². The summed E-state index contributed by atoms with van der Waals surface area (Å²) in [4.78, 5) is 25.6. The topological polar surface area (TPSA) is 64.0 Å². The van der Waals surface area contributed by atoms with Gasteiger partial charge in [-0.1, -0.05) is 24.3 Å². The van der Waals surface area contributed by atoms with E-state index < -0.39 is 0 Å². The van der Waals surface area contributed by atoms with Crippen molar-refractivity contribution in [3.8, 4) is 0 Å². The van der Waals surface area contributed by atoms with Gasteiger partial charge in [-0.3, -0.25) is 9.59 Å². The summed E-state index contributed by atoms with van der Waals surface area (Å²) in [5.74, 6) is 1.76. The van der Waals surface area contributed by atoms with Crippen LogP contribution in [0.1, 0.15) is 10.6 Å². The first-order valence-corrected chi connectivity index (χ1v) is 10.0. The highest BCUT2D eigenvalue weighted by Crippen LogP contribution is 2.16. The molecule has 0 saturated heterocycles. The van der Waals surface area contributed by atoms with Crippen LogP contribution in [0.15, 0.2) is 46.6 Å². The van der Waals surface area contributed by atoms with Gasteiger partial charge in [-0.15, -0.1) is 11.3 Å². The summed E-state index contributed by atoms with van der Waals surface area (Å²) >= 11 is 3.55. The van der Waals surface area contributed by atoms with E-state index in [1.54, 1.807) is 36.2 Å². The second kappa shape index (κ2) is 8.31. The van der Waals surface area contributed by atoms with Gasteiger partial charge in [0.2, 0.25) is 5.91 Å². The Morgan fingerprint density at radius 3 is 2.80 bits per heavy atom. The normalized spacial score (nSPS) is 10.9. The third kappa shape index (κ3) is 4.49. The lowest BCUT2D eigenvalue weighted by molar-refractivity contribution is -0.120. The van der Waals surface area contributed by atoms with Gasteiger partial charge in [0.1, 0.15) is 0 Å². The average Bonchev–Trinajstić information content (AvgIpc) is 3.12. The summed E-state index contributed by atoms with van der Waals surface area (Å²) in [7, 11) is 1.61. The molecule has 0 fully saturated rings. The highest BCUT2D eigenvalue weighted by Gasteiger charge is 2.11. The van der Waals surface area contributed by atoms with Gasteiger partial charge in [0.15, 0.2) is 0 Å². The summed E-state index contributed by atoms with van der Waals surface area (Å²) in [6, 6.07) is 11.4. The molecule has 7 heteroatoms. The number of thiophene rings is 1. The first kappa shape index (κ1) is 17.7. The Morgan fingerprint density at radius 2 is 2.04 bits per heavy atom. The average molecular weight is 374 g/mol. The van der Waals surface area contributed by atoms with E-state index in [0.29, 0.717) is 17.6 Å². The number of hydrogen-bond donors (Lipinski definition) is 1. The minimum absolute atomic E-state index is 0.0759. The van der Waals surface area contributed by atoms with Crippen molar-refractivity contribution in [3.05, 3.63) is 62.7 Å². The SMILES string of the molecule is Cn1nc(CC(=O)NCCSCc2cccs2)c2ccccc2c1=O. The molecule has 3 aromatic rings. The van der Waals surface area contributed by atoms with Crippen LogP contribution in [0.25, 0.3) is 10.8 Å². The fourth-order valence-electron chi connectivity index (χ4n) is 2.55. The van der Waals surface area contributed by atoms with E-state index >= 15 is 0 Å². The smallest absolute Gasteiger partial charge is 0.274 e. The van der Waals surface area contributed by atoms with Gasteiger partial charge >= 0.3 is 0 Å². The molecule has 0 unspecified atom stereocenters. The van der Waals surface area contributed by atoms with Crippen molar-refractivity contribution >= 4 is 39.8 Å². The number of aryl methyl sites for hydroxylation is 1. The first-order valence-electron chi connectivity index (χ1n) is 7.97. The fourth-order valence-corrected chi connectivity index (χ4v) is 4.25. The summed E-state index contributed by atoms with van der Waals surface area (Å²) in [6.07, 6.45) is 0.171. The quantitative estimate of drug-likeness (QED) is 0.647. The molecule has 0 aliphatic heterocycles. The molecule has 5 nitrogen and oxygen atoms in total. The summed E-state index contributed by atoms with van der Waals surface area (Å²) < 4.78 is 1.29. The fraction of sp³-hybridized carbons (Fsp3) is 0.278.